The number of likely N-dealkylation sites (tertiary alicyclic amines) is 1. The monoisotopic (exact) mass is 506 g/mol. The van der Waals surface area contributed by atoms with Crippen LogP contribution in [0.3, 0.4) is 0 Å². The number of carbonyl (C=O) groups is 1. The van der Waals surface area contributed by atoms with Crippen LogP contribution in [0.15, 0.2) is 46.9 Å². The highest BCUT2D eigenvalue weighted by molar-refractivity contribution is 9.10. The van der Waals surface area contributed by atoms with Gasteiger partial charge in [0.15, 0.2) is 0 Å². The molecular formula is C24H28BrClN2O3. The standard InChI is InChI=1S/C24H28BrClN2O3/c1-30-21-6-7-23(25)18(15-21)14-17-8-11-27(12-9-17)13-10-22-16-28(24(29)31-22)20-4-2-19(26)3-5-20/h2-7,15,17,22H,8-14,16H2,1H3. The smallest absolute Gasteiger partial charge is 0.414 e. The van der Waals surface area contributed by atoms with E-state index in [9.17, 15) is 4.79 Å². The molecule has 5 nitrogen and oxygen atoms in total. The highest BCUT2D eigenvalue weighted by Gasteiger charge is 2.32. The number of ether oxygens (including phenoxy) is 2. The number of rotatable bonds is 7. The van der Waals surface area contributed by atoms with Gasteiger partial charge in [-0.25, -0.2) is 4.79 Å². The maximum Gasteiger partial charge on any atom is 0.414 e. The SMILES string of the molecule is COc1ccc(Br)c(CC2CCN(CCC3CN(c4ccc(Cl)cc4)C(=O)O3)CC2)c1. The van der Waals surface area contributed by atoms with Gasteiger partial charge in [0.2, 0.25) is 0 Å². The molecule has 0 spiro atoms. The molecule has 4 rings (SSSR count). The van der Waals surface area contributed by atoms with E-state index in [1.54, 1.807) is 24.1 Å². The molecule has 2 aromatic carbocycles. The van der Waals surface area contributed by atoms with Gasteiger partial charge in [0.05, 0.1) is 13.7 Å². The van der Waals surface area contributed by atoms with Gasteiger partial charge in [-0.2, -0.15) is 0 Å². The summed E-state index contributed by atoms with van der Waals surface area (Å²) in [5.41, 5.74) is 2.15. The van der Waals surface area contributed by atoms with E-state index < -0.39 is 0 Å². The Morgan fingerprint density at radius 1 is 1.16 bits per heavy atom. The minimum Gasteiger partial charge on any atom is -0.497 e. The van der Waals surface area contributed by atoms with E-state index in [2.05, 4.69) is 33.0 Å². The molecule has 1 atom stereocenters. The van der Waals surface area contributed by atoms with Gasteiger partial charge >= 0.3 is 6.09 Å². The lowest BCUT2D eigenvalue weighted by Crippen LogP contribution is -2.36. The lowest BCUT2D eigenvalue weighted by molar-refractivity contribution is 0.116. The maximum atomic E-state index is 12.3. The first kappa shape index (κ1) is 22.4. The fraction of sp³-hybridized carbons (Fsp3) is 0.458. The Bertz CT molecular complexity index is 900. The number of hydrogen-bond donors (Lipinski definition) is 0. The van der Waals surface area contributed by atoms with Gasteiger partial charge in [-0.1, -0.05) is 27.5 Å². The van der Waals surface area contributed by atoms with Crippen molar-refractivity contribution in [3.8, 4) is 5.75 Å². The highest BCUT2D eigenvalue weighted by atomic mass is 79.9. The van der Waals surface area contributed by atoms with E-state index in [1.165, 1.54) is 18.4 Å². The van der Waals surface area contributed by atoms with E-state index in [0.29, 0.717) is 17.5 Å². The molecule has 7 heteroatoms. The van der Waals surface area contributed by atoms with Crippen LogP contribution in [-0.4, -0.2) is 50.4 Å². The van der Waals surface area contributed by atoms with Gasteiger partial charge in [0, 0.05) is 21.7 Å². The Kier molecular flexibility index (Phi) is 7.41. The quantitative estimate of drug-likeness (QED) is 0.476. The number of cyclic esters (lactones) is 1. The van der Waals surface area contributed by atoms with Gasteiger partial charge in [0.1, 0.15) is 11.9 Å². The summed E-state index contributed by atoms with van der Waals surface area (Å²) in [6.45, 7) is 3.74. The predicted octanol–water partition coefficient (Wildman–Crippen LogP) is 5.78. The third-order valence-corrected chi connectivity index (χ3v) is 7.27. The average molecular weight is 508 g/mol. The molecule has 166 valence electrons. The zero-order valence-corrected chi connectivity index (χ0v) is 20.1. The molecule has 2 aromatic rings. The van der Waals surface area contributed by atoms with E-state index in [1.807, 2.05) is 18.2 Å². The zero-order chi connectivity index (χ0) is 21.8. The van der Waals surface area contributed by atoms with Gasteiger partial charge < -0.3 is 14.4 Å². The van der Waals surface area contributed by atoms with Crippen LogP contribution >= 0.6 is 27.5 Å². The summed E-state index contributed by atoms with van der Waals surface area (Å²) in [7, 11) is 1.71. The number of benzene rings is 2. The van der Waals surface area contributed by atoms with Crippen molar-refractivity contribution in [1.82, 2.24) is 4.90 Å². The summed E-state index contributed by atoms with van der Waals surface area (Å²) < 4.78 is 12.1. The number of piperidine rings is 1. The molecule has 0 radical (unpaired) electrons. The summed E-state index contributed by atoms with van der Waals surface area (Å²) in [6.07, 6.45) is 3.98. The Balaban J connectivity index is 1.22. The number of hydrogen-bond acceptors (Lipinski definition) is 4. The van der Waals surface area contributed by atoms with Crippen molar-refractivity contribution < 1.29 is 14.3 Å². The van der Waals surface area contributed by atoms with E-state index in [4.69, 9.17) is 21.1 Å². The van der Waals surface area contributed by atoms with Crippen LogP contribution in [0.25, 0.3) is 0 Å². The number of carbonyl (C=O) groups excluding carboxylic acids is 1. The summed E-state index contributed by atoms with van der Waals surface area (Å²) in [6, 6.07) is 13.5. The largest absolute Gasteiger partial charge is 0.497 e. The number of methoxy groups -OCH3 is 1. The third-order valence-electron chi connectivity index (χ3n) is 6.25. The summed E-state index contributed by atoms with van der Waals surface area (Å²) in [4.78, 5) is 16.4. The molecule has 2 aliphatic rings. The van der Waals surface area contributed by atoms with E-state index >= 15 is 0 Å². The molecular weight excluding hydrogens is 480 g/mol. The van der Waals surface area contributed by atoms with Crippen molar-refractivity contribution in [1.29, 1.82) is 0 Å². The van der Waals surface area contributed by atoms with Crippen LogP contribution in [0, 0.1) is 5.92 Å². The Labute approximate surface area is 197 Å². The Morgan fingerprint density at radius 3 is 2.61 bits per heavy atom. The fourth-order valence-electron chi connectivity index (χ4n) is 4.39. The molecule has 31 heavy (non-hydrogen) atoms. The van der Waals surface area contributed by atoms with Gasteiger partial charge in [-0.15, -0.1) is 0 Å². The number of anilines is 1. The van der Waals surface area contributed by atoms with Crippen molar-refractivity contribution in [2.75, 3.05) is 38.2 Å². The molecule has 0 aliphatic carbocycles. The molecule has 0 aromatic heterocycles. The molecule has 2 saturated heterocycles. The lowest BCUT2D eigenvalue weighted by Gasteiger charge is -2.32. The van der Waals surface area contributed by atoms with Crippen molar-refractivity contribution in [2.45, 2.75) is 31.8 Å². The van der Waals surface area contributed by atoms with Gasteiger partial charge in [-0.05, 0) is 92.7 Å². The molecule has 0 N–H and O–H groups in total. The summed E-state index contributed by atoms with van der Waals surface area (Å²) in [5, 5.41) is 0.662. The van der Waals surface area contributed by atoms with Crippen LogP contribution in [0.2, 0.25) is 5.02 Å². The second-order valence-electron chi connectivity index (χ2n) is 8.33. The van der Waals surface area contributed by atoms with Crippen molar-refractivity contribution >= 4 is 39.3 Å². The van der Waals surface area contributed by atoms with Gasteiger partial charge in [0.25, 0.3) is 0 Å². The Morgan fingerprint density at radius 2 is 1.90 bits per heavy atom. The molecule has 2 aliphatic heterocycles. The number of nitrogens with zero attached hydrogens (tertiary/aromatic N) is 2. The van der Waals surface area contributed by atoms with Crippen LogP contribution < -0.4 is 9.64 Å². The zero-order valence-electron chi connectivity index (χ0n) is 17.7. The van der Waals surface area contributed by atoms with Crippen LogP contribution in [0.1, 0.15) is 24.8 Å². The normalized spacial score (nSPS) is 20.2. The Hall–Kier alpha value is -1.76. The van der Waals surface area contributed by atoms with Crippen molar-refractivity contribution in [2.24, 2.45) is 5.92 Å². The molecule has 1 amide bonds. The highest BCUT2D eigenvalue weighted by Crippen LogP contribution is 2.29. The van der Waals surface area contributed by atoms with E-state index in [-0.39, 0.29) is 12.2 Å². The fourth-order valence-corrected chi connectivity index (χ4v) is 4.92. The first-order valence-corrected chi connectivity index (χ1v) is 12.0. The predicted molar refractivity (Wildman–Crippen MR) is 127 cm³/mol. The first-order valence-electron chi connectivity index (χ1n) is 10.8. The second kappa shape index (κ2) is 10.2. The topological polar surface area (TPSA) is 42.0 Å². The third kappa shape index (κ3) is 5.73. The summed E-state index contributed by atoms with van der Waals surface area (Å²) >= 11 is 9.62. The lowest BCUT2D eigenvalue weighted by atomic mass is 9.90. The van der Waals surface area contributed by atoms with Crippen LogP contribution in [0.5, 0.6) is 5.75 Å². The summed E-state index contributed by atoms with van der Waals surface area (Å²) in [5.74, 6) is 1.60. The molecule has 2 heterocycles. The minimum absolute atomic E-state index is 0.0614. The van der Waals surface area contributed by atoms with Crippen molar-refractivity contribution in [3.05, 3.63) is 57.5 Å². The minimum atomic E-state index is -0.269. The molecule has 2 fully saturated rings. The van der Waals surface area contributed by atoms with Crippen LogP contribution in [0.4, 0.5) is 10.5 Å². The average Bonchev–Trinajstić information content (AvgIpc) is 3.16. The number of amides is 1. The molecule has 0 saturated carbocycles. The van der Waals surface area contributed by atoms with Crippen molar-refractivity contribution in [3.63, 3.8) is 0 Å². The van der Waals surface area contributed by atoms with Crippen LogP contribution in [-0.2, 0) is 11.2 Å². The molecule has 0 bridgehead atoms. The molecule has 1 unspecified atom stereocenters. The first-order chi connectivity index (χ1) is 15.0. The second-order valence-corrected chi connectivity index (χ2v) is 9.62. The number of halogens is 2. The van der Waals surface area contributed by atoms with Gasteiger partial charge in [-0.3, -0.25) is 4.90 Å². The van der Waals surface area contributed by atoms with E-state index in [0.717, 1.165) is 48.4 Å². The maximum absolute atomic E-state index is 12.3.